The lowest BCUT2D eigenvalue weighted by Crippen LogP contribution is -2.39. The first kappa shape index (κ1) is 17.0. The highest BCUT2D eigenvalue weighted by molar-refractivity contribution is 5.85. The SMILES string of the molecule is CC(N)C1CCN(Cc2cnn(-c3ccccc3)c2)CC1.Cl. The van der Waals surface area contributed by atoms with Crippen LogP contribution in [0.4, 0.5) is 0 Å². The van der Waals surface area contributed by atoms with Crippen molar-refractivity contribution in [3.8, 4) is 5.69 Å². The molecule has 1 saturated heterocycles. The second-order valence-electron chi connectivity index (χ2n) is 6.10. The molecule has 0 bridgehead atoms. The van der Waals surface area contributed by atoms with Crippen molar-refractivity contribution in [2.45, 2.75) is 32.4 Å². The number of nitrogens with zero attached hydrogens (tertiary/aromatic N) is 3. The van der Waals surface area contributed by atoms with Crippen LogP contribution in [0.3, 0.4) is 0 Å². The highest BCUT2D eigenvalue weighted by atomic mass is 35.5. The quantitative estimate of drug-likeness (QED) is 0.942. The van der Waals surface area contributed by atoms with Crippen LogP contribution < -0.4 is 5.73 Å². The summed E-state index contributed by atoms with van der Waals surface area (Å²) in [5, 5.41) is 4.47. The van der Waals surface area contributed by atoms with Gasteiger partial charge in [-0.25, -0.2) is 4.68 Å². The maximum Gasteiger partial charge on any atom is 0.0645 e. The van der Waals surface area contributed by atoms with E-state index < -0.39 is 0 Å². The van der Waals surface area contributed by atoms with Gasteiger partial charge in [0.15, 0.2) is 0 Å². The van der Waals surface area contributed by atoms with E-state index in [0.717, 1.165) is 25.3 Å². The van der Waals surface area contributed by atoms with Crippen LogP contribution in [-0.2, 0) is 6.54 Å². The second-order valence-corrected chi connectivity index (χ2v) is 6.10. The van der Waals surface area contributed by atoms with Crippen molar-refractivity contribution in [1.29, 1.82) is 0 Å². The Bertz CT molecular complexity index is 559. The number of aromatic nitrogens is 2. The predicted octanol–water partition coefficient (Wildman–Crippen LogP) is 2.85. The molecular formula is C17H25ClN4. The maximum absolute atomic E-state index is 6.00. The fraction of sp³-hybridized carbons (Fsp3) is 0.471. The molecule has 0 aliphatic carbocycles. The van der Waals surface area contributed by atoms with Gasteiger partial charge >= 0.3 is 0 Å². The summed E-state index contributed by atoms with van der Waals surface area (Å²) in [4.78, 5) is 2.51. The van der Waals surface area contributed by atoms with Gasteiger partial charge in [0.25, 0.3) is 0 Å². The topological polar surface area (TPSA) is 47.1 Å². The molecule has 1 unspecified atom stereocenters. The van der Waals surface area contributed by atoms with Gasteiger partial charge in [-0.15, -0.1) is 12.4 Å². The zero-order chi connectivity index (χ0) is 14.7. The predicted molar refractivity (Wildman–Crippen MR) is 92.5 cm³/mol. The fourth-order valence-electron chi connectivity index (χ4n) is 3.06. The number of piperidine rings is 1. The number of para-hydroxylation sites is 1. The summed E-state index contributed by atoms with van der Waals surface area (Å²) in [5.74, 6) is 0.688. The Morgan fingerprint density at radius 2 is 1.91 bits per heavy atom. The molecule has 120 valence electrons. The molecule has 1 atom stereocenters. The summed E-state index contributed by atoms with van der Waals surface area (Å²) in [6.45, 7) is 5.40. The lowest BCUT2D eigenvalue weighted by Gasteiger charge is -2.33. The van der Waals surface area contributed by atoms with Gasteiger partial charge < -0.3 is 5.73 Å². The van der Waals surface area contributed by atoms with Gasteiger partial charge in [0.2, 0.25) is 0 Å². The fourth-order valence-corrected chi connectivity index (χ4v) is 3.06. The first-order chi connectivity index (χ1) is 10.2. The van der Waals surface area contributed by atoms with Gasteiger partial charge in [0, 0.05) is 24.3 Å². The third kappa shape index (κ3) is 4.09. The third-order valence-corrected chi connectivity index (χ3v) is 4.44. The van der Waals surface area contributed by atoms with E-state index in [9.17, 15) is 0 Å². The Kier molecular flexibility index (Phi) is 6.00. The molecule has 1 aromatic heterocycles. The van der Waals surface area contributed by atoms with Crippen LogP contribution in [0.1, 0.15) is 25.3 Å². The molecule has 0 radical (unpaired) electrons. The lowest BCUT2D eigenvalue weighted by molar-refractivity contribution is 0.166. The minimum atomic E-state index is 0. The molecule has 1 aromatic carbocycles. The van der Waals surface area contributed by atoms with Gasteiger partial charge in [-0.05, 0) is 50.9 Å². The molecule has 0 amide bonds. The minimum Gasteiger partial charge on any atom is -0.328 e. The van der Waals surface area contributed by atoms with E-state index >= 15 is 0 Å². The van der Waals surface area contributed by atoms with Crippen LogP contribution in [0.15, 0.2) is 42.7 Å². The number of benzene rings is 1. The van der Waals surface area contributed by atoms with Gasteiger partial charge in [0.1, 0.15) is 0 Å². The van der Waals surface area contributed by atoms with Crippen LogP contribution in [0.5, 0.6) is 0 Å². The number of hydrogen-bond acceptors (Lipinski definition) is 3. The van der Waals surface area contributed by atoms with E-state index in [1.807, 2.05) is 29.1 Å². The highest BCUT2D eigenvalue weighted by Crippen LogP contribution is 2.21. The van der Waals surface area contributed by atoms with Crippen molar-refractivity contribution in [2.24, 2.45) is 11.7 Å². The van der Waals surface area contributed by atoms with Gasteiger partial charge in [-0.1, -0.05) is 18.2 Å². The van der Waals surface area contributed by atoms with Crippen molar-refractivity contribution < 1.29 is 0 Å². The van der Waals surface area contributed by atoms with E-state index in [4.69, 9.17) is 5.73 Å². The number of nitrogens with two attached hydrogens (primary N) is 1. The molecule has 22 heavy (non-hydrogen) atoms. The molecule has 4 nitrogen and oxygen atoms in total. The zero-order valence-corrected chi connectivity index (χ0v) is 13.9. The number of hydrogen-bond donors (Lipinski definition) is 1. The van der Waals surface area contributed by atoms with Crippen LogP contribution in [0, 0.1) is 5.92 Å². The summed E-state index contributed by atoms with van der Waals surface area (Å²) >= 11 is 0. The van der Waals surface area contributed by atoms with E-state index in [1.54, 1.807) is 0 Å². The van der Waals surface area contributed by atoms with Gasteiger partial charge in [-0.3, -0.25) is 4.90 Å². The largest absolute Gasteiger partial charge is 0.328 e. The summed E-state index contributed by atoms with van der Waals surface area (Å²) in [5.41, 5.74) is 8.39. The normalized spacial score (nSPS) is 17.9. The average Bonchev–Trinajstić information content (AvgIpc) is 2.97. The Hall–Kier alpha value is -1.36. The van der Waals surface area contributed by atoms with Crippen molar-refractivity contribution in [3.63, 3.8) is 0 Å². The first-order valence-electron chi connectivity index (χ1n) is 7.79. The van der Waals surface area contributed by atoms with E-state index in [1.165, 1.54) is 18.4 Å². The summed E-state index contributed by atoms with van der Waals surface area (Å²) in [7, 11) is 0. The molecule has 1 fully saturated rings. The second kappa shape index (κ2) is 7.77. The minimum absolute atomic E-state index is 0. The number of halogens is 1. The number of likely N-dealkylation sites (tertiary alicyclic amines) is 1. The Labute approximate surface area is 138 Å². The molecule has 0 saturated carbocycles. The highest BCUT2D eigenvalue weighted by Gasteiger charge is 2.21. The van der Waals surface area contributed by atoms with Crippen LogP contribution in [0.25, 0.3) is 5.69 Å². The lowest BCUT2D eigenvalue weighted by atomic mass is 9.91. The van der Waals surface area contributed by atoms with Crippen LogP contribution >= 0.6 is 12.4 Å². The van der Waals surface area contributed by atoms with E-state index in [0.29, 0.717) is 12.0 Å². The molecular weight excluding hydrogens is 296 g/mol. The molecule has 2 N–H and O–H groups in total. The molecule has 1 aliphatic rings. The summed E-state index contributed by atoms with van der Waals surface area (Å²) < 4.78 is 1.95. The van der Waals surface area contributed by atoms with Gasteiger partial charge in [-0.2, -0.15) is 5.10 Å². The van der Waals surface area contributed by atoms with E-state index in [-0.39, 0.29) is 12.4 Å². The Balaban J connectivity index is 0.00000176. The van der Waals surface area contributed by atoms with Crippen molar-refractivity contribution in [3.05, 3.63) is 48.3 Å². The van der Waals surface area contributed by atoms with Crippen molar-refractivity contribution >= 4 is 12.4 Å². The third-order valence-electron chi connectivity index (χ3n) is 4.44. The standard InChI is InChI=1S/C17H24N4.ClH/c1-14(18)16-7-9-20(10-8-16)12-15-11-19-21(13-15)17-5-3-2-4-6-17;/h2-6,11,13-14,16H,7-10,12,18H2,1H3;1H. The molecule has 2 heterocycles. The molecule has 5 heteroatoms. The molecule has 2 aromatic rings. The molecule has 1 aliphatic heterocycles. The maximum atomic E-state index is 6.00. The Morgan fingerprint density at radius 3 is 2.55 bits per heavy atom. The molecule has 3 rings (SSSR count). The van der Waals surface area contributed by atoms with Gasteiger partial charge in [0.05, 0.1) is 11.9 Å². The molecule has 0 spiro atoms. The van der Waals surface area contributed by atoms with Crippen molar-refractivity contribution in [2.75, 3.05) is 13.1 Å². The van der Waals surface area contributed by atoms with Crippen LogP contribution in [-0.4, -0.2) is 33.8 Å². The number of rotatable bonds is 4. The van der Waals surface area contributed by atoms with E-state index in [2.05, 4.69) is 35.3 Å². The summed E-state index contributed by atoms with van der Waals surface area (Å²) in [6, 6.07) is 10.6. The smallest absolute Gasteiger partial charge is 0.0645 e. The zero-order valence-electron chi connectivity index (χ0n) is 13.1. The Morgan fingerprint density at radius 1 is 1.23 bits per heavy atom. The van der Waals surface area contributed by atoms with Crippen LogP contribution in [0.2, 0.25) is 0 Å². The average molecular weight is 321 g/mol. The summed E-state index contributed by atoms with van der Waals surface area (Å²) in [6.07, 6.45) is 6.53. The van der Waals surface area contributed by atoms with Crippen molar-refractivity contribution in [1.82, 2.24) is 14.7 Å². The first-order valence-corrected chi connectivity index (χ1v) is 7.79. The monoisotopic (exact) mass is 320 g/mol.